The molecule has 0 fully saturated rings. The van der Waals surface area contributed by atoms with Crippen molar-refractivity contribution >= 4 is 11.9 Å². The highest BCUT2D eigenvalue weighted by Crippen LogP contribution is 2.23. The molecular weight excluding hydrogens is 246 g/mol. The summed E-state index contributed by atoms with van der Waals surface area (Å²) in [5, 5.41) is 18.4. The Labute approximate surface area is 109 Å². The predicted molar refractivity (Wildman–Crippen MR) is 69.1 cm³/mol. The molecule has 2 rings (SSSR count). The zero-order valence-corrected chi connectivity index (χ0v) is 10.3. The van der Waals surface area contributed by atoms with Gasteiger partial charge in [0, 0.05) is 6.20 Å². The van der Waals surface area contributed by atoms with Crippen molar-refractivity contribution in [2.75, 3.05) is 0 Å². The van der Waals surface area contributed by atoms with Crippen LogP contribution in [0, 0.1) is 0 Å². The highest BCUT2D eigenvalue weighted by molar-refractivity contribution is 5.94. The lowest BCUT2D eigenvalue weighted by atomic mass is 10.0. The number of hydrogen-bond donors (Lipinski definition) is 2. The van der Waals surface area contributed by atoms with Gasteiger partial charge in [-0.05, 0) is 30.2 Å². The van der Waals surface area contributed by atoms with Gasteiger partial charge in [-0.1, -0.05) is 19.1 Å². The molecule has 0 saturated heterocycles. The summed E-state index contributed by atoms with van der Waals surface area (Å²) < 4.78 is 1.41. The lowest BCUT2D eigenvalue weighted by molar-refractivity contribution is 0.0675. The van der Waals surface area contributed by atoms with Crippen LogP contribution in [0.25, 0.3) is 5.69 Å². The van der Waals surface area contributed by atoms with E-state index in [9.17, 15) is 14.7 Å². The van der Waals surface area contributed by atoms with Gasteiger partial charge in [0.05, 0.1) is 11.3 Å². The van der Waals surface area contributed by atoms with Crippen LogP contribution >= 0.6 is 0 Å². The number of carboxylic acids is 2. The van der Waals surface area contributed by atoms with Crippen LogP contribution in [0.1, 0.15) is 33.3 Å². The highest BCUT2D eigenvalue weighted by atomic mass is 16.4. The molecule has 98 valence electrons. The summed E-state index contributed by atoms with van der Waals surface area (Å²) in [6.07, 6.45) is 2.18. The molecular formula is C14H13NO4. The summed E-state index contributed by atoms with van der Waals surface area (Å²) in [7, 11) is 0. The maximum atomic E-state index is 11.3. The quantitative estimate of drug-likeness (QED) is 0.883. The Hall–Kier alpha value is -2.56. The number of aromatic nitrogens is 1. The van der Waals surface area contributed by atoms with Gasteiger partial charge < -0.3 is 14.8 Å². The van der Waals surface area contributed by atoms with Crippen LogP contribution < -0.4 is 0 Å². The minimum Gasteiger partial charge on any atom is -0.478 e. The first-order chi connectivity index (χ1) is 9.06. The Morgan fingerprint density at radius 1 is 1.11 bits per heavy atom. The van der Waals surface area contributed by atoms with Crippen molar-refractivity contribution in [3.8, 4) is 5.69 Å². The zero-order valence-electron chi connectivity index (χ0n) is 10.3. The Morgan fingerprint density at radius 3 is 2.42 bits per heavy atom. The van der Waals surface area contributed by atoms with Gasteiger partial charge in [0.2, 0.25) is 0 Å². The van der Waals surface area contributed by atoms with E-state index in [1.807, 2.05) is 6.92 Å². The second-order valence-corrected chi connectivity index (χ2v) is 4.04. The summed E-state index contributed by atoms with van der Waals surface area (Å²) in [4.78, 5) is 22.5. The van der Waals surface area contributed by atoms with Crippen molar-refractivity contribution in [2.24, 2.45) is 0 Å². The Balaban J connectivity index is 2.76. The van der Waals surface area contributed by atoms with Gasteiger partial charge in [0.1, 0.15) is 5.69 Å². The van der Waals surface area contributed by atoms with E-state index in [2.05, 4.69) is 0 Å². The van der Waals surface area contributed by atoms with E-state index < -0.39 is 11.9 Å². The summed E-state index contributed by atoms with van der Waals surface area (Å²) in [5.74, 6) is -2.16. The topological polar surface area (TPSA) is 79.5 Å². The number of aryl methyl sites for hydroxylation is 1. The van der Waals surface area contributed by atoms with E-state index in [4.69, 9.17) is 5.11 Å². The fourth-order valence-electron chi connectivity index (χ4n) is 2.08. The molecule has 0 amide bonds. The number of aromatic carboxylic acids is 2. The van der Waals surface area contributed by atoms with Gasteiger partial charge >= 0.3 is 11.9 Å². The first kappa shape index (κ1) is 12.9. The molecule has 1 aromatic carbocycles. The monoisotopic (exact) mass is 259 g/mol. The number of hydrogen-bond acceptors (Lipinski definition) is 2. The molecule has 0 aliphatic rings. The van der Waals surface area contributed by atoms with E-state index in [0.29, 0.717) is 12.1 Å². The second kappa shape index (κ2) is 4.97. The average molecular weight is 259 g/mol. The summed E-state index contributed by atoms with van der Waals surface area (Å²) in [6, 6.07) is 7.97. The predicted octanol–water partition coefficient (Wildman–Crippen LogP) is 2.44. The molecule has 0 aliphatic carbocycles. The largest absolute Gasteiger partial charge is 0.478 e. The molecule has 2 N–H and O–H groups in total. The van der Waals surface area contributed by atoms with Crippen molar-refractivity contribution in [1.29, 1.82) is 0 Å². The van der Waals surface area contributed by atoms with Crippen molar-refractivity contribution in [2.45, 2.75) is 13.3 Å². The minimum atomic E-state index is -1.09. The van der Waals surface area contributed by atoms with Crippen LogP contribution in [0.15, 0.2) is 36.5 Å². The number of benzene rings is 1. The maximum absolute atomic E-state index is 11.3. The minimum absolute atomic E-state index is 0.0448. The fourth-order valence-corrected chi connectivity index (χ4v) is 2.08. The molecule has 1 aromatic heterocycles. The molecule has 0 radical (unpaired) electrons. The number of carbonyl (C=O) groups is 2. The van der Waals surface area contributed by atoms with E-state index in [0.717, 1.165) is 5.56 Å². The van der Waals surface area contributed by atoms with E-state index in [-0.39, 0.29) is 11.3 Å². The van der Waals surface area contributed by atoms with Crippen LogP contribution in [-0.4, -0.2) is 26.7 Å². The zero-order chi connectivity index (χ0) is 14.0. The van der Waals surface area contributed by atoms with Crippen molar-refractivity contribution in [3.63, 3.8) is 0 Å². The summed E-state index contributed by atoms with van der Waals surface area (Å²) in [5.41, 5.74) is 1.35. The summed E-state index contributed by atoms with van der Waals surface area (Å²) in [6.45, 7) is 1.90. The average Bonchev–Trinajstić information content (AvgIpc) is 2.86. The van der Waals surface area contributed by atoms with Gasteiger partial charge in [-0.2, -0.15) is 0 Å². The van der Waals surface area contributed by atoms with Crippen LogP contribution in [0.5, 0.6) is 0 Å². The maximum Gasteiger partial charge on any atom is 0.352 e. The molecule has 0 saturated carbocycles. The van der Waals surface area contributed by atoms with Crippen molar-refractivity contribution < 1.29 is 19.8 Å². The molecule has 19 heavy (non-hydrogen) atoms. The first-order valence-corrected chi connectivity index (χ1v) is 5.82. The SMILES string of the molecule is CCc1cccc(C(=O)O)c1-n1cccc1C(=O)O. The third-order valence-electron chi connectivity index (χ3n) is 2.94. The van der Waals surface area contributed by atoms with Crippen LogP contribution in [-0.2, 0) is 6.42 Å². The molecule has 5 heteroatoms. The number of carboxylic acid groups (broad SMARTS) is 2. The third kappa shape index (κ3) is 2.22. The lowest BCUT2D eigenvalue weighted by Gasteiger charge is -2.14. The lowest BCUT2D eigenvalue weighted by Crippen LogP contribution is -2.12. The van der Waals surface area contributed by atoms with Crippen LogP contribution in [0.4, 0.5) is 0 Å². The molecule has 0 bridgehead atoms. The Bertz CT molecular complexity index is 643. The fraction of sp³-hybridized carbons (Fsp3) is 0.143. The molecule has 0 unspecified atom stereocenters. The van der Waals surface area contributed by atoms with Gasteiger partial charge in [-0.3, -0.25) is 0 Å². The van der Waals surface area contributed by atoms with E-state index >= 15 is 0 Å². The van der Waals surface area contributed by atoms with Crippen LogP contribution in [0.3, 0.4) is 0 Å². The van der Waals surface area contributed by atoms with Gasteiger partial charge in [0.25, 0.3) is 0 Å². The van der Waals surface area contributed by atoms with Gasteiger partial charge in [-0.25, -0.2) is 9.59 Å². The number of nitrogens with zero attached hydrogens (tertiary/aromatic N) is 1. The summed E-state index contributed by atoms with van der Waals surface area (Å²) >= 11 is 0. The highest BCUT2D eigenvalue weighted by Gasteiger charge is 2.18. The molecule has 0 aliphatic heterocycles. The Morgan fingerprint density at radius 2 is 1.84 bits per heavy atom. The smallest absolute Gasteiger partial charge is 0.352 e. The van der Waals surface area contributed by atoms with Crippen molar-refractivity contribution in [1.82, 2.24) is 4.57 Å². The first-order valence-electron chi connectivity index (χ1n) is 5.82. The molecule has 5 nitrogen and oxygen atoms in total. The van der Waals surface area contributed by atoms with Crippen molar-refractivity contribution in [3.05, 3.63) is 53.3 Å². The van der Waals surface area contributed by atoms with E-state index in [1.165, 1.54) is 16.7 Å². The van der Waals surface area contributed by atoms with Gasteiger partial charge in [-0.15, -0.1) is 0 Å². The van der Waals surface area contributed by atoms with E-state index in [1.54, 1.807) is 24.4 Å². The molecule has 2 aromatic rings. The molecule has 0 spiro atoms. The number of rotatable bonds is 4. The number of para-hydroxylation sites is 1. The second-order valence-electron chi connectivity index (χ2n) is 4.04. The standard InChI is InChI=1S/C14H13NO4/c1-2-9-5-3-6-10(13(16)17)12(9)15-8-4-7-11(15)14(18)19/h3-8H,2H2,1H3,(H,16,17)(H,18,19). The third-order valence-corrected chi connectivity index (χ3v) is 2.94. The molecule has 0 atom stereocenters. The van der Waals surface area contributed by atoms with Crippen LogP contribution in [0.2, 0.25) is 0 Å². The molecule has 1 heterocycles. The van der Waals surface area contributed by atoms with Gasteiger partial charge in [0.15, 0.2) is 0 Å². The normalized spacial score (nSPS) is 10.4. The Kier molecular flexibility index (Phi) is 3.37.